The van der Waals surface area contributed by atoms with E-state index in [9.17, 15) is 4.79 Å². The predicted molar refractivity (Wildman–Crippen MR) is 104 cm³/mol. The average molecular weight is 379 g/mol. The number of rotatable bonds is 3. The van der Waals surface area contributed by atoms with Gasteiger partial charge in [-0.05, 0) is 44.0 Å². The minimum atomic E-state index is -0.115. The number of carbonyl (C=O) groups is 1. The highest BCUT2D eigenvalue weighted by atomic mass is 16.7. The molecule has 8 nitrogen and oxygen atoms in total. The highest BCUT2D eigenvalue weighted by Crippen LogP contribution is 2.34. The lowest BCUT2D eigenvalue weighted by atomic mass is 9.97. The first-order valence-corrected chi connectivity index (χ1v) is 9.45. The third-order valence-electron chi connectivity index (χ3n) is 5.32. The molecule has 0 radical (unpaired) electrons. The summed E-state index contributed by atoms with van der Waals surface area (Å²) < 4.78 is 12.7. The molecule has 1 N–H and O–H groups in total. The molecule has 0 aliphatic carbocycles. The van der Waals surface area contributed by atoms with E-state index in [-0.39, 0.29) is 18.6 Å². The van der Waals surface area contributed by atoms with Crippen molar-refractivity contribution in [1.82, 2.24) is 14.6 Å². The number of nitrogens with one attached hydrogen (secondary N) is 1. The number of nitrogens with zero attached hydrogens (tertiary/aromatic N) is 4. The standard InChI is InChI=1S/C20H21N5O3/c1-13-4-2-6-18-22-23-20(25(13)18)24-9-3-5-14(11-24)19(26)21-15-7-8-16-17(10-15)28-12-27-16/h2,4,6-8,10,14H,3,5,9,11-12H2,1H3,(H,21,26). The Labute approximate surface area is 162 Å². The quantitative estimate of drug-likeness (QED) is 0.753. The summed E-state index contributed by atoms with van der Waals surface area (Å²) in [5, 5.41) is 11.7. The largest absolute Gasteiger partial charge is 0.454 e. The van der Waals surface area contributed by atoms with Gasteiger partial charge < -0.3 is 19.7 Å². The smallest absolute Gasteiger partial charge is 0.231 e. The van der Waals surface area contributed by atoms with E-state index in [1.165, 1.54) is 0 Å². The molecule has 2 aliphatic heterocycles. The molecule has 1 unspecified atom stereocenters. The fourth-order valence-electron chi connectivity index (χ4n) is 3.88. The molecule has 3 aromatic rings. The van der Waals surface area contributed by atoms with Crippen LogP contribution in [0, 0.1) is 12.8 Å². The minimum Gasteiger partial charge on any atom is -0.454 e. The summed E-state index contributed by atoms with van der Waals surface area (Å²) in [6.07, 6.45) is 1.78. The summed E-state index contributed by atoms with van der Waals surface area (Å²) in [6.45, 7) is 3.73. The third kappa shape index (κ3) is 2.90. The number of piperidine rings is 1. The van der Waals surface area contributed by atoms with Crippen LogP contribution in [-0.4, -0.2) is 40.4 Å². The number of aromatic nitrogens is 3. The van der Waals surface area contributed by atoms with E-state index in [2.05, 4.69) is 20.4 Å². The molecule has 4 heterocycles. The second-order valence-corrected chi connectivity index (χ2v) is 7.20. The van der Waals surface area contributed by atoms with Gasteiger partial charge in [0.15, 0.2) is 17.1 Å². The van der Waals surface area contributed by atoms with Gasteiger partial charge in [0, 0.05) is 30.5 Å². The molecular formula is C20H21N5O3. The lowest BCUT2D eigenvalue weighted by Gasteiger charge is -2.32. The molecule has 2 aromatic heterocycles. The lowest BCUT2D eigenvalue weighted by Crippen LogP contribution is -2.41. The van der Waals surface area contributed by atoms with Crippen LogP contribution >= 0.6 is 0 Å². The molecule has 1 aromatic carbocycles. The molecule has 28 heavy (non-hydrogen) atoms. The average Bonchev–Trinajstić information content (AvgIpc) is 3.35. The number of anilines is 2. The molecule has 5 rings (SSSR count). The number of carbonyl (C=O) groups excluding carboxylic acids is 1. The molecule has 1 saturated heterocycles. The van der Waals surface area contributed by atoms with Crippen LogP contribution in [0.1, 0.15) is 18.5 Å². The van der Waals surface area contributed by atoms with Crippen molar-refractivity contribution in [2.24, 2.45) is 5.92 Å². The van der Waals surface area contributed by atoms with Gasteiger partial charge in [-0.2, -0.15) is 0 Å². The van der Waals surface area contributed by atoms with Crippen LogP contribution in [0.5, 0.6) is 11.5 Å². The Hall–Kier alpha value is -3.29. The first-order valence-electron chi connectivity index (χ1n) is 9.45. The van der Waals surface area contributed by atoms with Crippen LogP contribution in [0.3, 0.4) is 0 Å². The summed E-state index contributed by atoms with van der Waals surface area (Å²) in [5.41, 5.74) is 2.61. The number of aryl methyl sites for hydroxylation is 1. The van der Waals surface area contributed by atoms with Gasteiger partial charge in [-0.1, -0.05) is 6.07 Å². The van der Waals surface area contributed by atoms with E-state index < -0.39 is 0 Å². The second-order valence-electron chi connectivity index (χ2n) is 7.20. The van der Waals surface area contributed by atoms with Crippen molar-refractivity contribution >= 4 is 23.2 Å². The molecular weight excluding hydrogens is 358 g/mol. The molecule has 144 valence electrons. The van der Waals surface area contributed by atoms with E-state index in [0.29, 0.717) is 18.0 Å². The highest BCUT2D eigenvalue weighted by molar-refractivity contribution is 5.93. The normalized spacial score (nSPS) is 18.5. The number of pyridine rings is 1. The number of benzene rings is 1. The SMILES string of the molecule is Cc1cccc2nnc(N3CCCC(C(=O)Nc4ccc5c(c4)OCO5)C3)n12. The highest BCUT2D eigenvalue weighted by Gasteiger charge is 2.28. The third-order valence-corrected chi connectivity index (χ3v) is 5.32. The Kier molecular flexibility index (Phi) is 4.03. The minimum absolute atomic E-state index is 0.00843. The van der Waals surface area contributed by atoms with Crippen LogP contribution in [-0.2, 0) is 4.79 Å². The van der Waals surface area contributed by atoms with Crippen LogP contribution in [0.25, 0.3) is 5.65 Å². The van der Waals surface area contributed by atoms with Crippen molar-refractivity contribution in [3.63, 3.8) is 0 Å². The Bertz CT molecular complexity index is 1050. The van der Waals surface area contributed by atoms with Crippen molar-refractivity contribution in [2.45, 2.75) is 19.8 Å². The van der Waals surface area contributed by atoms with Gasteiger partial charge in [-0.15, -0.1) is 10.2 Å². The summed E-state index contributed by atoms with van der Waals surface area (Å²) >= 11 is 0. The zero-order valence-electron chi connectivity index (χ0n) is 15.6. The van der Waals surface area contributed by atoms with Crippen LogP contribution in [0.15, 0.2) is 36.4 Å². The van der Waals surface area contributed by atoms with Crippen molar-refractivity contribution in [1.29, 1.82) is 0 Å². The van der Waals surface area contributed by atoms with Gasteiger partial charge in [0.2, 0.25) is 18.6 Å². The maximum atomic E-state index is 12.9. The van der Waals surface area contributed by atoms with E-state index in [0.717, 1.165) is 42.4 Å². The number of hydrogen-bond donors (Lipinski definition) is 1. The maximum absolute atomic E-state index is 12.9. The second kappa shape index (κ2) is 6.70. The number of hydrogen-bond acceptors (Lipinski definition) is 6. The van der Waals surface area contributed by atoms with Crippen molar-refractivity contribution in [3.05, 3.63) is 42.1 Å². The van der Waals surface area contributed by atoms with E-state index in [4.69, 9.17) is 9.47 Å². The van der Waals surface area contributed by atoms with E-state index >= 15 is 0 Å². The first kappa shape index (κ1) is 16.9. The Balaban J connectivity index is 1.33. The van der Waals surface area contributed by atoms with Crippen LogP contribution < -0.4 is 19.7 Å². The lowest BCUT2D eigenvalue weighted by molar-refractivity contribution is -0.120. The fraction of sp³-hybridized carbons (Fsp3) is 0.350. The summed E-state index contributed by atoms with van der Waals surface area (Å²) in [6, 6.07) is 11.4. The van der Waals surface area contributed by atoms with Crippen molar-refractivity contribution in [3.8, 4) is 11.5 Å². The monoisotopic (exact) mass is 379 g/mol. The molecule has 0 bridgehead atoms. The summed E-state index contributed by atoms with van der Waals surface area (Å²) in [7, 11) is 0. The zero-order valence-corrected chi connectivity index (χ0v) is 15.6. The van der Waals surface area contributed by atoms with Crippen LogP contribution in [0.2, 0.25) is 0 Å². The van der Waals surface area contributed by atoms with Crippen molar-refractivity contribution < 1.29 is 14.3 Å². The topological polar surface area (TPSA) is 81.0 Å². The van der Waals surface area contributed by atoms with E-state index in [1.807, 2.05) is 41.7 Å². The zero-order chi connectivity index (χ0) is 19.1. The molecule has 2 aliphatic rings. The molecule has 1 amide bonds. The van der Waals surface area contributed by atoms with Gasteiger partial charge in [-0.3, -0.25) is 9.20 Å². The van der Waals surface area contributed by atoms with Gasteiger partial charge in [0.1, 0.15) is 0 Å². The van der Waals surface area contributed by atoms with Gasteiger partial charge in [0.05, 0.1) is 5.92 Å². The molecule has 0 saturated carbocycles. The number of fused-ring (bicyclic) bond motifs is 2. The molecule has 0 spiro atoms. The first-order chi connectivity index (χ1) is 13.7. The fourth-order valence-corrected chi connectivity index (χ4v) is 3.88. The molecule has 1 fully saturated rings. The summed E-state index contributed by atoms with van der Waals surface area (Å²) in [5.74, 6) is 2.06. The molecule has 8 heteroatoms. The summed E-state index contributed by atoms with van der Waals surface area (Å²) in [4.78, 5) is 15.0. The number of ether oxygens (including phenoxy) is 2. The van der Waals surface area contributed by atoms with Gasteiger partial charge in [-0.25, -0.2) is 0 Å². The Morgan fingerprint density at radius 1 is 1.18 bits per heavy atom. The predicted octanol–water partition coefficient (Wildman–Crippen LogP) is 2.62. The number of amides is 1. The Morgan fingerprint density at radius 2 is 2.07 bits per heavy atom. The Morgan fingerprint density at radius 3 is 3.00 bits per heavy atom. The van der Waals surface area contributed by atoms with Gasteiger partial charge >= 0.3 is 0 Å². The maximum Gasteiger partial charge on any atom is 0.231 e. The van der Waals surface area contributed by atoms with Crippen molar-refractivity contribution in [2.75, 3.05) is 30.1 Å². The molecule has 1 atom stereocenters. The van der Waals surface area contributed by atoms with E-state index in [1.54, 1.807) is 6.07 Å². The van der Waals surface area contributed by atoms with Gasteiger partial charge in [0.25, 0.3) is 0 Å². The van der Waals surface area contributed by atoms with Crippen LogP contribution in [0.4, 0.5) is 11.6 Å².